The average molecular weight is 407 g/mol. The molecule has 2 fully saturated rings. The van der Waals surface area contributed by atoms with E-state index in [1.54, 1.807) is 11.1 Å². The Morgan fingerprint density at radius 2 is 2.07 bits per heavy atom. The van der Waals surface area contributed by atoms with Gasteiger partial charge in [-0.25, -0.2) is 18.4 Å². The molecule has 1 amide bonds. The van der Waals surface area contributed by atoms with E-state index in [9.17, 15) is 13.2 Å². The average Bonchev–Trinajstić information content (AvgIpc) is 3.08. The van der Waals surface area contributed by atoms with E-state index >= 15 is 0 Å². The fraction of sp³-hybridized carbons (Fsp3) is 0.750. The molecule has 3 aliphatic heterocycles. The van der Waals surface area contributed by atoms with Crippen LogP contribution in [0.1, 0.15) is 57.2 Å². The first kappa shape index (κ1) is 19.6. The number of rotatable bonds is 3. The van der Waals surface area contributed by atoms with Gasteiger partial charge in [0.1, 0.15) is 0 Å². The van der Waals surface area contributed by atoms with Gasteiger partial charge in [-0.2, -0.15) is 0 Å². The highest BCUT2D eigenvalue weighted by Crippen LogP contribution is 2.40. The number of hydrogen-bond donors (Lipinski definition) is 0. The van der Waals surface area contributed by atoms with Gasteiger partial charge in [0.2, 0.25) is 11.9 Å². The molecule has 0 unspecified atom stereocenters. The first-order valence-corrected chi connectivity index (χ1v) is 12.1. The maximum Gasteiger partial charge on any atom is 0.225 e. The van der Waals surface area contributed by atoms with E-state index in [4.69, 9.17) is 4.98 Å². The minimum Gasteiger partial charge on any atom is -0.341 e. The Bertz CT molecular complexity index is 870. The SMILES string of the molecule is CC(C)CC(=O)N1C[C@@H]2c3nc(N4CCC[C@@H](C)C4)ncc3CS(=O)(=O)[C@@H]2C1. The summed E-state index contributed by atoms with van der Waals surface area (Å²) in [5, 5.41) is -0.542. The number of hydrogen-bond acceptors (Lipinski definition) is 6. The highest BCUT2D eigenvalue weighted by molar-refractivity contribution is 7.91. The molecular formula is C20H30N4O3S. The van der Waals surface area contributed by atoms with Gasteiger partial charge >= 0.3 is 0 Å². The van der Waals surface area contributed by atoms with E-state index in [2.05, 4.69) is 16.8 Å². The Labute approximate surface area is 167 Å². The third-order valence-corrected chi connectivity index (χ3v) is 8.31. The first-order chi connectivity index (χ1) is 13.2. The van der Waals surface area contributed by atoms with Crippen molar-refractivity contribution in [1.82, 2.24) is 14.9 Å². The number of nitrogens with zero attached hydrogens (tertiary/aromatic N) is 4. The Morgan fingerprint density at radius 3 is 2.79 bits per heavy atom. The number of fused-ring (bicyclic) bond motifs is 3. The minimum absolute atomic E-state index is 0.0214. The third kappa shape index (κ3) is 3.63. The van der Waals surface area contributed by atoms with E-state index in [0.717, 1.165) is 25.2 Å². The lowest BCUT2D eigenvalue weighted by atomic mass is 9.99. The van der Waals surface area contributed by atoms with Crippen LogP contribution in [-0.4, -0.2) is 60.6 Å². The first-order valence-electron chi connectivity index (χ1n) is 10.3. The molecule has 154 valence electrons. The number of piperidine rings is 1. The molecule has 3 atom stereocenters. The van der Waals surface area contributed by atoms with Crippen molar-refractivity contribution in [3.63, 3.8) is 0 Å². The molecule has 1 aromatic rings. The molecule has 3 aliphatic rings. The molecule has 2 saturated heterocycles. The van der Waals surface area contributed by atoms with Crippen LogP contribution in [0.15, 0.2) is 6.20 Å². The molecule has 0 saturated carbocycles. The van der Waals surface area contributed by atoms with Gasteiger partial charge in [-0.05, 0) is 24.7 Å². The number of aromatic nitrogens is 2. The van der Waals surface area contributed by atoms with Gasteiger partial charge in [0.25, 0.3) is 0 Å². The molecule has 1 aromatic heterocycles. The van der Waals surface area contributed by atoms with Crippen molar-refractivity contribution >= 4 is 21.7 Å². The van der Waals surface area contributed by atoms with Crippen LogP contribution in [0.3, 0.4) is 0 Å². The van der Waals surface area contributed by atoms with Crippen molar-refractivity contribution < 1.29 is 13.2 Å². The number of carbonyl (C=O) groups excluding carboxylic acids is 1. The standard InChI is InChI=1S/C20H30N4O3S/c1-13(2)7-18(25)24-10-16-17(11-24)28(26,27)12-15-8-21-20(22-19(15)16)23-6-4-5-14(3)9-23/h8,13-14,16-17H,4-7,9-12H2,1-3H3/t14-,16+,17-/m1/s1. The van der Waals surface area contributed by atoms with Crippen LogP contribution in [0, 0.1) is 11.8 Å². The maximum atomic E-state index is 12.8. The molecule has 8 heteroatoms. The quantitative estimate of drug-likeness (QED) is 0.763. The number of anilines is 1. The summed E-state index contributed by atoms with van der Waals surface area (Å²) < 4.78 is 25.7. The van der Waals surface area contributed by atoms with Crippen LogP contribution in [0.5, 0.6) is 0 Å². The number of likely N-dealkylation sites (tertiary alicyclic amines) is 1. The van der Waals surface area contributed by atoms with Gasteiger partial charge in [-0.1, -0.05) is 20.8 Å². The van der Waals surface area contributed by atoms with E-state index in [1.165, 1.54) is 6.42 Å². The zero-order valence-corrected chi connectivity index (χ0v) is 17.8. The second kappa shape index (κ2) is 7.28. The fourth-order valence-electron chi connectivity index (χ4n) is 4.77. The smallest absolute Gasteiger partial charge is 0.225 e. The summed E-state index contributed by atoms with van der Waals surface area (Å²) in [6.45, 7) is 8.85. The molecule has 0 spiro atoms. The van der Waals surface area contributed by atoms with Crippen LogP contribution >= 0.6 is 0 Å². The Hall–Kier alpha value is -1.70. The van der Waals surface area contributed by atoms with Crippen molar-refractivity contribution in [1.29, 1.82) is 0 Å². The van der Waals surface area contributed by atoms with Gasteiger partial charge in [-0.3, -0.25) is 4.79 Å². The summed E-state index contributed by atoms with van der Waals surface area (Å²) in [5.41, 5.74) is 1.54. The lowest BCUT2D eigenvalue weighted by molar-refractivity contribution is -0.130. The highest BCUT2D eigenvalue weighted by atomic mass is 32.2. The predicted octanol–water partition coefficient (Wildman–Crippen LogP) is 1.98. The van der Waals surface area contributed by atoms with Crippen molar-refractivity contribution in [2.24, 2.45) is 11.8 Å². The van der Waals surface area contributed by atoms with Gasteiger partial charge in [0, 0.05) is 50.3 Å². The van der Waals surface area contributed by atoms with Crippen molar-refractivity contribution in [3.8, 4) is 0 Å². The minimum atomic E-state index is -3.30. The molecule has 0 aliphatic carbocycles. The Morgan fingerprint density at radius 1 is 1.29 bits per heavy atom. The predicted molar refractivity (Wildman–Crippen MR) is 108 cm³/mol. The van der Waals surface area contributed by atoms with Crippen molar-refractivity contribution in [3.05, 3.63) is 17.5 Å². The maximum absolute atomic E-state index is 12.8. The second-order valence-corrected chi connectivity index (χ2v) is 11.3. The summed E-state index contributed by atoms with van der Waals surface area (Å²) in [7, 11) is -3.30. The van der Waals surface area contributed by atoms with Crippen LogP contribution in [0.4, 0.5) is 5.95 Å². The van der Waals surface area contributed by atoms with Gasteiger partial charge < -0.3 is 9.80 Å². The van der Waals surface area contributed by atoms with Crippen LogP contribution in [-0.2, 0) is 20.4 Å². The van der Waals surface area contributed by atoms with E-state index in [-0.39, 0.29) is 30.0 Å². The normalized spacial score (nSPS) is 28.9. The highest BCUT2D eigenvalue weighted by Gasteiger charge is 2.48. The molecule has 0 radical (unpaired) electrons. The van der Waals surface area contributed by atoms with Crippen molar-refractivity contribution in [2.45, 2.75) is 57.0 Å². The molecular weight excluding hydrogens is 376 g/mol. The number of sulfone groups is 1. The summed E-state index contributed by atoms with van der Waals surface area (Å²) in [6.07, 6.45) is 4.49. The molecule has 0 N–H and O–H groups in total. The van der Waals surface area contributed by atoms with Gasteiger partial charge in [0.15, 0.2) is 9.84 Å². The molecule has 0 bridgehead atoms. The lowest BCUT2D eigenvalue weighted by Gasteiger charge is -2.32. The number of amides is 1. The second-order valence-electron chi connectivity index (χ2n) is 9.12. The zero-order valence-electron chi connectivity index (χ0n) is 17.0. The molecule has 4 heterocycles. The van der Waals surface area contributed by atoms with E-state index < -0.39 is 15.1 Å². The van der Waals surface area contributed by atoms with Crippen LogP contribution in [0.25, 0.3) is 0 Å². The lowest BCUT2D eigenvalue weighted by Crippen LogP contribution is -2.38. The largest absolute Gasteiger partial charge is 0.341 e. The number of carbonyl (C=O) groups is 1. The summed E-state index contributed by atoms with van der Waals surface area (Å²) in [5.74, 6) is 1.35. The molecule has 28 heavy (non-hydrogen) atoms. The topological polar surface area (TPSA) is 83.5 Å². The van der Waals surface area contributed by atoms with Crippen molar-refractivity contribution in [2.75, 3.05) is 31.1 Å². The van der Waals surface area contributed by atoms with E-state index in [0.29, 0.717) is 30.4 Å². The monoisotopic (exact) mass is 406 g/mol. The van der Waals surface area contributed by atoms with E-state index in [1.807, 2.05) is 13.8 Å². The summed E-state index contributed by atoms with van der Waals surface area (Å²) in [4.78, 5) is 25.8. The van der Waals surface area contributed by atoms with Gasteiger partial charge in [-0.15, -0.1) is 0 Å². The molecule has 4 rings (SSSR count). The zero-order chi connectivity index (χ0) is 20.1. The van der Waals surface area contributed by atoms with Crippen LogP contribution in [0.2, 0.25) is 0 Å². The Kier molecular flexibility index (Phi) is 5.10. The fourth-order valence-corrected chi connectivity index (χ4v) is 6.76. The van der Waals surface area contributed by atoms with Crippen LogP contribution < -0.4 is 4.90 Å². The summed E-state index contributed by atoms with van der Waals surface area (Å²) >= 11 is 0. The molecule has 0 aromatic carbocycles. The molecule has 7 nitrogen and oxygen atoms in total. The van der Waals surface area contributed by atoms with Gasteiger partial charge in [0.05, 0.1) is 16.7 Å². The Balaban J connectivity index is 1.64. The summed E-state index contributed by atoms with van der Waals surface area (Å²) in [6, 6.07) is 0. The third-order valence-electron chi connectivity index (χ3n) is 6.20.